The number of carboxylic acids is 1. The normalized spacial score (nSPS) is 25.8. The Bertz CT molecular complexity index is 1440. The van der Waals surface area contributed by atoms with Crippen molar-refractivity contribution >= 4 is 40.8 Å². The number of hydrogen-bond donors (Lipinski definition) is 1. The zero-order chi connectivity index (χ0) is 26.1. The number of piperidine rings is 1. The van der Waals surface area contributed by atoms with Crippen molar-refractivity contribution in [2.75, 3.05) is 4.90 Å². The highest BCUT2D eigenvalue weighted by Gasteiger charge is 2.52. The van der Waals surface area contributed by atoms with E-state index in [0.717, 1.165) is 53.8 Å². The number of benzene rings is 2. The summed E-state index contributed by atoms with van der Waals surface area (Å²) in [5.41, 5.74) is 5.06. The number of fused-ring (bicyclic) bond motifs is 3. The molecule has 3 aromatic rings. The van der Waals surface area contributed by atoms with Crippen molar-refractivity contribution in [3.05, 3.63) is 68.9 Å². The highest BCUT2D eigenvalue weighted by atomic mass is 35.5. The van der Waals surface area contributed by atoms with Gasteiger partial charge in [-0.15, -0.1) is 0 Å². The second-order valence-electron chi connectivity index (χ2n) is 10.9. The molecule has 4 aliphatic rings. The van der Waals surface area contributed by atoms with Gasteiger partial charge in [0.25, 0.3) is 0 Å². The summed E-state index contributed by atoms with van der Waals surface area (Å²) in [6.45, 7) is 0.281. The van der Waals surface area contributed by atoms with E-state index in [1.54, 1.807) is 18.2 Å². The molecular weight excluding hydrogens is 527 g/mol. The predicted octanol–water partition coefficient (Wildman–Crippen LogP) is 6.04. The Balaban J connectivity index is 1.09. The van der Waals surface area contributed by atoms with Gasteiger partial charge < -0.3 is 19.3 Å². The fourth-order valence-electron chi connectivity index (χ4n) is 6.49. The van der Waals surface area contributed by atoms with Crippen molar-refractivity contribution in [3.8, 4) is 11.3 Å². The molecule has 3 aliphatic carbocycles. The highest BCUT2D eigenvalue weighted by molar-refractivity contribution is 6.39. The Morgan fingerprint density at radius 2 is 1.87 bits per heavy atom. The second kappa shape index (κ2) is 9.11. The maximum atomic E-state index is 13.5. The van der Waals surface area contributed by atoms with E-state index in [2.05, 4.69) is 5.16 Å². The third-order valence-electron chi connectivity index (χ3n) is 8.56. The molecular formula is C29H26Cl2N2O5. The molecule has 7 nitrogen and oxygen atoms in total. The molecule has 1 aliphatic heterocycles. The van der Waals surface area contributed by atoms with Crippen molar-refractivity contribution in [2.45, 2.75) is 63.2 Å². The quantitative estimate of drug-likeness (QED) is 0.384. The van der Waals surface area contributed by atoms with Gasteiger partial charge in [-0.3, -0.25) is 9.59 Å². The molecule has 4 atom stereocenters. The molecule has 3 fully saturated rings. The summed E-state index contributed by atoms with van der Waals surface area (Å²) in [5.74, 6) is -0.139. The Morgan fingerprint density at radius 1 is 1.11 bits per heavy atom. The molecule has 2 aromatic carbocycles. The molecule has 1 aromatic heterocycles. The zero-order valence-electron chi connectivity index (χ0n) is 20.5. The summed E-state index contributed by atoms with van der Waals surface area (Å²) in [7, 11) is 0. The topological polar surface area (TPSA) is 92.9 Å². The molecule has 2 unspecified atom stereocenters. The minimum atomic E-state index is -0.767. The first-order valence-corrected chi connectivity index (χ1v) is 13.9. The Morgan fingerprint density at radius 3 is 2.58 bits per heavy atom. The number of rotatable bonds is 7. The van der Waals surface area contributed by atoms with E-state index >= 15 is 0 Å². The molecule has 0 spiro atoms. The molecule has 9 heteroatoms. The van der Waals surface area contributed by atoms with Gasteiger partial charge >= 0.3 is 5.97 Å². The summed E-state index contributed by atoms with van der Waals surface area (Å²) >= 11 is 13.0. The third-order valence-corrected chi connectivity index (χ3v) is 9.19. The minimum Gasteiger partial charge on any atom is -0.481 e. The van der Waals surface area contributed by atoms with Crippen LogP contribution in [0.25, 0.3) is 11.3 Å². The number of halogens is 2. The third kappa shape index (κ3) is 3.94. The molecule has 0 radical (unpaired) electrons. The first kappa shape index (κ1) is 24.2. The number of carbonyl (C=O) groups is 2. The van der Waals surface area contributed by atoms with Crippen LogP contribution in [0.3, 0.4) is 0 Å². The van der Waals surface area contributed by atoms with Gasteiger partial charge in [0.1, 0.15) is 11.5 Å². The van der Waals surface area contributed by atoms with Crippen LogP contribution in [0.1, 0.15) is 54.1 Å². The van der Waals surface area contributed by atoms with E-state index in [-0.39, 0.29) is 36.5 Å². The van der Waals surface area contributed by atoms with Crippen LogP contribution < -0.4 is 4.90 Å². The largest absolute Gasteiger partial charge is 0.481 e. The lowest BCUT2D eigenvalue weighted by Crippen LogP contribution is -2.43. The van der Waals surface area contributed by atoms with Crippen molar-refractivity contribution in [1.29, 1.82) is 0 Å². The number of carbonyl (C=O) groups excluding carboxylic acids is 1. The van der Waals surface area contributed by atoms with E-state index in [4.69, 9.17) is 32.5 Å². The molecule has 196 valence electrons. The number of anilines is 1. The van der Waals surface area contributed by atoms with Gasteiger partial charge in [-0.2, -0.15) is 0 Å². The monoisotopic (exact) mass is 552 g/mol. The van der Waals surface area contributed by atoms with Gasteiger partial charge in [-0.05, 0) is 73.9 Å². The predicted molar refractivity (Wildman–Crippen MR) is 141 cm³/mol. The molecule has 2 bridgehead atoms. The molecule has 1 N–H and O–H groups in total. The average molecular weight is 553 g/mol. The van der Waals surface area contributed by atoms with Crippen molar-refractivity contribution in [2.24, 2.45) is 11.8 Å². The highest BCUT2D eigenvalue weighted by Crippen LogP contribution is 2.48. The molecule has 1 amide bonds. The summed E-state index contributed by atoms with van der Waals surface area (Å²) < 4.78 is 12.2. The number of hydrogen-bond acceptors (Lipinski definition) is 5. The number of aliphatic carboxylic acids is 1. The van der Waals surface area contributed by atoms with E-state index < -0.39 is 5.97 Å². The molecule has 1 saturated heterocycles. The summed E-state index contributed by atoms with van der Waals surface area (Å²) in [4.78, 5) is 26.8. The van der Waals surface area contributed by atoms with Crippen molar-refractivity contribution < 1.29 is 24.0 Å². The van der Waals surface area contributed by atoms with Crippen molar-refractivity contribution in [3.63, 3.8) is 0 Å². The van der Waals surface area contributed by atoms with E-state index in [9.17, 15) is 14.7 Å². The molecule has 2 heterocycles. The maximum absolute atomic E-state index is 13.5. The lowest BCUT2D eigenvalue weighted by Gasteiger charge is -2.31. The van der Waals surface area contributed by atoms with Gasteiger partial charge in [0.05, 0.1) is 34.6 Å². The summed E-state index contributed by atoms with van der Waals surface area (Å²) in [6.07, 6.45) is 4.47. The van der Waals surface area contributed by atoms with Crippen LogP contribution in [0.5, 0.6) is 0 Å². The lowest BCUT2D eigenvalue weighted by atomic mass is 10.0. The van der Waals surface area contributed by atoms with Gasteiger partial charge in [-0.1, -0.05) is 40.5 Å². The van der Waals surface area contributed by atoms with Crippen LogP contribution in [0, 0.1) is 11.8 Å². The first-order chi connectivity index (χ1) is 18.4. The van der Waals surface area contributed by atoms with Crippen LogP contribution in [0.2, 0.25) is 10.0 Å². The molecule has 2 saturated carbocycles. The van der Waals surface area contributed by atoms with Gasteiger partial charge in [0.2, 0.25) is 5.91 Å². The van der Waals surface area contributed by atoms with Crippen molar-refractivity contribution in [1.82, 2.24) is 5.16 Å². The standard InChI is InChI=1S/C29H26Cl2N2O5/c30-22-2-1-3-23(31)25(22)26-21(27(38-32-26)14-4-5-14)13-37-24-12-19-11-20(24)28(34)33(19)18-7-6-15-8-17(29(35)36)9-16(15)10-18/h1-3,6-7,10,14,17,19-20,24H,4-5,8-9,11-13H2,(H,35,36)/t17?,19-,20+,24?/m0/s1. The van der Waals surface area contributed by atoms with Crippen LogP contribution in [-0.4, -0.2) is 34.3 Å². The van der Waals surface area contributed by atoms with Crippen LogP contribution in [-0.2, 0) is 33.8 Å². The van der Waals surface area contributed by atoms with E-state index in [0.29, 0.717) is 40.1 Å². The first-order valence-electron chi connectivity index (χ1n) is 13.1. The smallest absolute Gasteiger partial charge is 0.307 e. The number of amides is 1. The maximum Gasteiger partial charge on any atom is 0.307 e. The van der Waals surface area contributed by atoms with Gasteiger partial charge in [0, 0.05) is 28.8 Å². The zero-order valence-corrected chi connectivity index (χ0v) is 22.0. The van der Waals surface area contributed by atoms with Crippen LogP contribution in [0.4, 0.5) is 5.69 Å². The summed E-state index contributed by atoms with van der Waals surface area (Å²) in [5, 5.41) is 14.7. The number of ether oxygens (including phenoxy) is 1. The molecule has 38 heavy (non-hydrogen) atoms. The van der Waals surface area contributed by atoms with E-state index in [1.165, 1.54) is 0 Å². The Labute approximate surface area is 229 Å². The second-order valence-corrected chi connectivity index (χ2v) is 11.7. The minimum absolute atomic E-state index is 0.0649. The van der Waals surface area contributed by atoms with Crippen LogP contribution >= 0.6 is 23.2 Å². The fourth-order valence-corrected chi connectivity index (χ4v) is 7.07. The van der Waals surface area contributed by atoms with Gasteiger partial charge in [0.15, 0.2) is 0 Å². The summed E-state index contributed by atoms with van der Waals surface area (Å²) in [6, 6.07) is 11.4. The number of nitrogens with zero attached hydrogens (tertiary/aromatic N) is 2. The molecule has 7 rings (SSSR count). The van der Waals surface area contributed by atoms with E-state index in [1.807, 2.05) is 23.1 Å². The fraction of sp³-hybridized carbons (Fsp3) is 0.414. The number of carboxylic acid groups (broad SMARTS) is 1. The Kier molecular flexibility index (Phi) is 5.80. The average Bonchev–Trinajstić information content (AvgIpc) is 3.21. The number of aromatic nitrogens is 1. The van der Waals surface area contributed by atoms with Crippen LogP contribution in [0.15, 0.2) is 40.9 Å². The lowest BCUT2D eigenvalue weighted by molar-refractivity contribution is -0.141. The Hall–Kier alpha value is -2.87. The SMILES string of the molecule is O=C(O)C1Cc2ccc(N3C(=O)[C@@H]4C[C@H]3CC4OCc3c(-c4c(Cl)cccc4Cl)noc3C3CC3)cc2C1. The van der Waals surface area contributed by atoms with Gasteiger partial charge in [-0.25, -0.2) is 0 Å².